The van der Waals surface area contributed by atoms with E-state index in [0.29, 0.717) is 40.4 Å². The number of alkyl halides is 2. The van der Waals surface area contributed by atoms with E-state index in [1.807, 2.05) is 13.8 Å². The van der Waals surface area contributed by atoms with Crippen molar-refractivity contribution in [2.24, 2.45) is 13.0 Å². The zero-order valence-electron chi connectivity index (χ0n) is 38.7. The number of nitrogens with one attached hydrogen (secondary N) is 3. The number of likely N-dealkylation sites (tertiary alicyclic amines) is 1. The van der Waals surface area contributed by atoms with Gasteiger partial charge in [0.2, 0.25) is 5.95 Å². The van der Waals surface area contributed by atoms with Crippen molar-refractivity contribution in [3.05, 3.63) is 99.1 Å². The lowest BCUT2D eigenvalue weighted by Crippen LogP contribution is -2.41. The van der Waals surface area contributed by atoms with Crippen molar-refractivity contribution < 1.29 is 13.2 Å². The number of nitrogens with zero attached hydrogens (tertiary/aromatic N) is 7. The molecule has 0 amide bonds. The van der Waals surface area contributed by atoms with Crippen molar-refractivity contribution in [3.63, 3.8) is 0 Å². The molecular weight excluding hydrogens is 861 g/mol. The van der Waals surface area contributed by atoms with Gasteiger partial charge in [0, 0.05) is 72.8 Å². The largest absolute Gasteiger partial charge is 0.378 e. The van der Waals surface area contributed by atoms with Gasteiger partial charge in [-0.15, -0.1) is 0 Å². The summed E-state index contributed by atoms with van der Waals surface area (Å²) in [6.07, 6.45) is 14.1. The number of hydrogen-bond acceptors (Lipinski definition) is 9. The minimum Gasteiger partial charge on any atom is -0.378 e. The van der Waals surface area contributed by atoms with Gasteiger partial charge in [-0.3, -0.25) is 9.48 Å². The monoisotopic (exact) mass is 924 g/mol. The number of allylic oxidation sites excluding steroid dienone is 2. The van der Waals surface area contributed by atoms with Gasteiger partial charge in [0.1, 0.15) is 10.8 Å². The molecule has 3 aromatic heterocycles. The van der Waals surface area contributed by atoms with Gasteiger partial charge < -0.3 is 30.3 Å². The number of benzene rings is 2. The normalized spacial score (nSPS) is 21.2. The molecule has 1 unspecified atom stereocenters. The summed E-state index contributed by atoms with van der Waals surface area (Å²) in [5.74, 6) is -1.57. The predicted molar refractivity (Wildman–Crippen MR) is 261 cm³/mol. The highest BCUT2D eigenvalue weighted by atomic mass is 35.5. The molecule has 6 aliphatic rings. The van der Waals surface area contributed by atoms with E-state index in [4.69, 9.17) is 21.7 Å². The molecule has 0 radical (unpaired) electrons. The smallest absolute Gasteiger partial charge is 0.265 e. The summed E-state index contributed by atoms with van der Waals surface area (Å²) in [7, 11) is 1.52. The molecule has 4 aliphatic heterocycles. The third-order valence-corrected chi connectivity index (χ3v) is 14.4. The first-order valence-electron chi connectivity index (χ1n) is 24.3. The van der Waals surface area contributed by atoms with Gasteiger partial charge in [-0.05, 0) is 100 Å². The van der Waals surface area contributed by atoms with Crippen molar-refractivity contribution in [1.29, 1.82) is 0 Å². The number of halogens is 4. The molecule has 5 fully saturated rings. The van der Waals surface area contributed by atoms with Crippen LogP contribution in [0.3, 0.4) is 0 Å². The Hall–Kier alpha value is -5.08. The highest BCUT2D eigenvalue weighted by Crippen LogP contribution is 2.43. The Bertz CT molecular complexity index is 2670. The maximum absolute atomic E-state index is 15.6. The molecular formula is C51H64ClF3N10O. The van der Waals surface area contributed by atoms with Crippen LogP contribution in [0, 0.1) is 11.7 Å². The summed E-state index contributed by atoms with van der Waals surface area (Å²) >= 11 is 6.55. The van der Waals surface area contributed by atoms with Crippen LogP contribution >= 0.6 is 11.6 Å². The zero-order valence-corrected chi connectivity index (χ0v) is 39.4. The second kappa shape index (κ2) is 19.3. The van der Waals surface area contributed by atoms with Gasteiger partial charge >= 0.3 is 0 Å². The highest BCUT2D eigenvalue weighted by molar-refractivity contribution is 6.33. The first-order valence-corrected chi connectivity index (χ1v) is 24.7. The molecule has 66 heavy (non-hydrogen) atoms. The van der Waals surface area contributed by atoms with Crippen LogP contribution in [-0.2, 0) is 13.5 Å². The molecule has 5 aromatic rings. The van der Waals surface area contributed by atoms with Crippen molar-refractivity contribution in [2.75, 3.05) is 54.8 Å². The second-order valence-corrected chi connectivity index (χ2v) is 19.4. The topological polar surface area (TPSA) is 108 Å². The van der Waals surface area contributed by atoms with Crippen LogP contribution in [0.2, 0.25) is 5.02 Å². The van der Waals surface area contributed by atoms with Crippen molar-refractivity contribution in [2.45, 2.75) is 121 Å². The molecule has 0 bridgehead atoms. The summed E-state index contributed by atoms with van der Waals surface area (Å²) in [5, 5.41) is 16.3. The SMILES string of the molecule is C1CC1.C=C1CCC(c2nn(C3CC3)c3cc(C4CCN(CC5CCN(c6ncc(Cl)c(Nc7cc8c9c(c(=O)n(C)c8cc7F)CCC(F)(F)CN9)n6)CC5)CC4)ccc23)C(=C)N1.CC. The molecule has 2 aromatic carbocycles. The van der Waals surface area contributed by atoms with Crippen LogP contribution < -0.4 is 26.4 Å². The van der Waals surface area contributed by atoms with E-state index in [1.54, 1.807) is 0 Å². The average molecular weight is 926 g/mol. The van der Waals surface area contributed by atoms with Crippen LogP contribution in [0.1, 0.15) is 126 Å². The molecule has 11 rings (SSSR count). The zero-order chi connectivity index (χ0) is 46.3. The van der Waals surface area contributed by atoms with Crippen LogP contribution in [0.4, 0.5) is 36.3 Å². The van der Waals surface area contributed by atoms with Crippen LogP contribution in [0.5, 0.6) is 0 Å². The molecule has 352 valence electrons. The van der Waals surface area contributed by atoms with Crippen molar-refractivity contribution in [1.82, 2.24) is 34.5 Å². The van der Waals surface area contributed by atoms with Crippen LogP contribution in [0.15, 0.2) is 65.9 Å². The summed E-state index contributed by atoms with van der Waals surface area (Å²) < 4.78 is 48.0. The molecule has 3 saturated heterocycles. The minimum absolute atomic E-state index is 0.0611. The number of aromatic nitrogens is 5. The fraction of sp³-hybridized carbons (Fsp3) is 0.529. The van der Waals surface area contributed by atoms with Crippen LogP contribution in [-0.4, -0.2) is 74.4 Å². The highest BCUT2D eigenvalue weighted by Gasteiger charge is 2.35. The van der Waals surface area contributed by atoms with Gasteiger partial charge in [-0.2, -0.15) is 10.1 Å². The lowest BCUT2D eigenvalue weighted by atomic mass is 9.86. The fourth-order valence-electron chi connectivity index (χ4n) is 10.1. The summed E-state index contributed by atoms with van der Waals surface area (Å²) in [4.78, 5) is 27.1. The molecule has 15 heteroatoms. The van der Waals surface area contributed by atoms with Gasteiger partial charge in [0.15, 0.2) is 5.82 Å². The Morgan fingerprint density at radius 3 is 2.36 bits per heavy atom. The van der Waals surface area contributed by atoms with E-state index in [1.165, 1.54) is 78.5 Å². The van der Waals surface area contributed by atoms with E-state index in [2.05, 4.69) is 66.8 Å². The first kappa shape index (κ1) is 46.0. The number of fused-ring (bicyclic) bond motifs is 4. The third-order valence-electron chi connectivity index (χ3n) is 14.1. The molecule has 1 atom stereocenters. The van der Waals surface area contributed by atoms with Gasteiger partial charge in [-0.1, -0.05) is 70.0 Å². The molecule has 11 nitrogen and oxygen atoms in total. The Kier molecular flexibility index (Phi) is 13.4. The van der Waals surface area contributed by atoms with Crippen molar-refractivity contribution in [3.8, 4) is 0 Å². The number of anilines is 4. The van der Waals surface area contributed by atoms with Crippen LogP contribution in [0.25, 0.3) is 21.8 Å². The van der Waals surface area contributed by atoms with Gasteiger partial charge in [0.25, 0.3) is 11.5 Å². The van der Waals surface area contributed by atoms with E-state index < -0.39 is 30.3 Å². The molecule has 2 aliphatic carbocycles. The summed E-state index contributed by atoms with van der Waals surface area (Å²) in [6.45, 7) is 16.6. The Morgan fingerprint density at radius 2 is 1.67 bits per heavy atom. The predicted octanol–water partition coefficient (Wildman–Crippen LogP) is 11.3. The Morgan fingerprint density at radius 1 is 0.924 bits per heavy atom. The quantitative estimate of drug-likeness (QED) is 0.140. The van der Waals surface area contributed by atoms with E-state index in [9.17, 15) is 13.6 Å². The summed E-state index contributed by atoms with van der Waals surface area (Å²) in [6, 6.07) is 10.3. The minimum atomic E-state index is -2.97. The molecule has 7 heterocycles. The number of rotatable bonds is 8. The second-order valence-electron chi connectivity index (χ2n) is 19.0. The lowest BCUT2D eigenvalue weighted by molar-refractivity contribution is 0.00837. The maximum atomic E-state index is 15.6. The third kappa shape index (κ3) is 9.81. The fourth-order valence-corrected chi connectivity index (χ4v) is 10.2. The van der Waals surface area contributed by atoms with E-state index >= 15 is 4.39 Å². The number of piperidine rings is 3. The molecule has 0 spiro atoms. The Labute approximate surface area is 390 Å². The number of hydrogen-bond donors (Lipinski definition) is 3. The molecule has 2 saturated carbocycles. The van der Waals surface area contributed by atoms with E-state index in [-0.39, 0.29) is 34.4 Å². The summed E-state index contributed by atoms with van der Waals surface area (Å²) in [5.41, 5.74) is 6.37. The number of aryl methyl sites for hydroxylation is 1. The maximum Gasteiger partial charge on any atom is 0.265 e. The average Bonchev–Trinajstić information content (AvgIpc) is 4.26. The van der Waals surface area contributed by atoms with Crippen molar-refractivity contribution >= 4 is 56.5 Å². The lowest BCUT2D eigenvalue weighted by Gasteiger charge is -2.38. The number of pyridine rings is 1. The Balaban J connectivity index is 0.00000104. The van der Waals surface area contributed by atoms with E-state index in [0.717, 1.165) is 88.3 Å². The first-order chi connectivity index (χ1) is 31.9. The van der Waals surface area contributed by atoms with Gasteiger partial charge in [0.05, 0.1) is 46.9 Å². The van der Waals surface area contributed by atoms with Gasteiger partial charge in [-0.25, -0.2) is 18.2 Å². The molecule has 3 N–H and O–H groups in total. The standard InChI is InChI=1S/C46H52ClF3N10O.C3H6.C2H6/c1-26-4-8-32(27(2)53-26)42-33-9-5-30(20-40(33)60(56-42)31-6-7-31)29-13-16-58(17-14-29)24-28-11-18-59(19-12-28)45-51-23-36(47)43(55-45)54-38-21-35-39(22-37(38)48)57(3)44(61)34-10-15-46(49,50)25-52-41(34)35;1-2-3-1;1-2/h5,9,20-23,28-29,31-32,52-53H,1-2,4,6-8,10-19,24-25H2,3H3,(H,51,54,55);1-3H2;1-2H3.